The highest BCUT2D eigenvalue weighted by atomic mass is 32.1. The number of aromatic amines is 1. The number of hydrazine groups is 1. The molecule has 0 aliphatic carbocycles. The number of benzene rings is 1. The molecule has 6 N–H and O–H groups in total. The average Bonchev–Trinajstić information content (AvgIpc) is 2.73. The van der Waals surface area contributed by atoms with Crippen molar-refractivity contribution in [1.29, 1.82) is 0 Å². The average molecular weight is 264 g/mol. The maximum atomic E-state index is 11.3. The van der Waals surface area contributed by atoms with Gasteiger partial charge in [0.2, 0.25) is 0 Å². The van der Waals surface area contributed by atoms with Crippen molar-refractivity contribution >= 4 is 34.2 Å². The molecule has 1 unspecified atom stereocenters. The molecular formula is C11H12N4O2S. The number of nitrogens with two attached hydrogens (primary N) is 1. The summed E-state index contributed by atoms with van der Waals surface area (Å²) in [7, 11) is 0. The van der Waals surface area contributed by atoms with Gasteiger partial charge in [-0.2, -0.15) is 0 Å². The molecule has 2 rings (SSSR count). The number of H-pyrrole nitrogens is 1. The molecule has 0 saturated heterocycles. The Morgan fingerprint density at radius 2 is 2.17 bits per heavy atom. The number of aromatic nitrogens is 1. The fourth-order valence-corrected chi connectivity index (χ4v) is 1.81. The Morgan fingerprint density at radius 3 is 2.83 bits per heavy atom. The third-order valence-electron chi connectivity index (χ3n) is 2.52. The Morgan fingerprint density at radius 1 is 1.44 bits per heavy atom. The highest BCUT2D eigenvalue weighted by Crippen LogP contribution is 2.23. The van der Waals surface area contributed by atoms with E-state index in [-0.39, 0.29) is 5.11 Å². The zero-order valence-electron chi connectivity index (χ0n) is 9.31. The number of hydrogen-bond acceptors (Lipinski definition) is 3. The number of carboxylic acid groups (broad SMARTS) is 1. The minimum absolute atomic E-state index is 0.0129. The van der Waals surface area contributed by atoms with Crippen LogP contribution in [0.25, 0.3) is 10.9 Å². The highest BCUT2D eigenvalue weighted by Gasteiger charge is 2.22. The molecule has 1 aromatic heterocycles. The smallest absolute Gasteiger partial charge is 0.327 e. The first-order chi connectivity index (χ1) is 8.59. The predicted octanol–water partition coefficient (Wildman–Crippen LogP) is 0.631. The van der Waals surface area contributed by atoms with Crippen LogP contribution in [0.1, 0.15) is 11.6 Å². The van der Waals surface area contributed by atoms with Gasteiger partial charge in [-0.05, 0) is 18.3 Å². The Labute approximate surface area is 108 Å². The molecule has 2 aromatic rings. The molecule has 0 radical (unpaired) electrons. The highest BCUT2D eigenvalue weighted by molar-refractivity contribution is 7.80. The zero-order valence-corrected chi connectivity index (χ0v) is 10.1. The Bertz CT molecular complexity index is 595. The monoisotopic (exact) mass is 264 g/mol. The molecule has 1 aromatic carbocycles. The van der Waals surface area contributed by atoms with Gasteiger partial charge in [0.05, 0.1) is 0 Å². The fraction of sp³-hybridized carbons (Fsp3) is 0.0909. The summed E-state index contributed by atoms with van der Waals surface area (Å²) >= 11 is 4.63. The van der Waals surface area contributed by atoms with Gasteiger partial charge in [-0.3, -0.25) is 10.2 Å². The fourth-order valence-electron chi connectivity index (χ4n) is 1.75. The number of fused-ring (bicyclic) bond motifs is 1. The maximum absolute atomic E-state index is 11.3. The number of thiocarbonyl (C=S) groups is 1. The van der Waals surface area contributed by atoms with Gasteiger partial charge in [-0.1, -0.05) is 18.2 Å². The summed E-state index contributed by atoms with van der Waals surface area (Å²) in [4.78, 5) is 14.3. The van der Waals surface area contributed by atoms with Crippen LogP contribution in [-0.4, -0.2) is 21.2 Å². The quantitative estimate of drug-likeness (QED) is 0.410. The topological polar surface area (TPSA) is 103 Å². The molecule has 1 heterocycles. The Kier molecular flexibility index (Phi) is 3.45. The van der Waals surface area contributed by atoms with Crippen molar-refractivity contribution in [2.24, 2.45) is 5.73 Å². The zero-order chi connectivity index (χ0) is 13.1. The molecule has 0 spiro atoms. The molecule has 0 bridgehead atoms. The number of hydrogen-bond donors (Lipinski definition) is 5. The molecule has 0 amide bonds. The summed E-state index contributed by atoms with van der Waals surface area (Å²) in [6.07, 6.45) is 1.65. The van der Waals surface area contributed by atoms with E-state index in [0.717, 1.165) is 10.9 Å². The summed E-state index contributed by atoms with van der Waals surface area (Å²) in [6.45, 7) is 0. The van der Waals surface area contributed by atoms with Crippen molar-refractivity contribution in [2.75, 3.05) is 0 Å². The van der Waals surface area contributed by atoms with E-state index in [2.05, 4.69) is 28.1 Å². The molecule has 94 valence electrons. The summed E-state index contributed by atoms with van der Waals surface area (Å²) in [5, 5.41) is 10.0. The largest absolute Gasteiger partial charge is 0.480 e. The predicted molar refractivity (Wildman–Crippen MR) is 71.7 cm³/mol. The number of para-hydroxylation sites is 1. The lowest BCUT2D eigenvalue weighted by Gasteiger charge is -2.14. The third kappa shape index (κ3) is 2.41. The number of rotatable bonds is 4. The van der Waals surface area contributed by atoms with E-state index in [4.69, 9.17) is 5.73 Å². The second kappa shape index (κ2) is 5.03. The maximum Gasteiger partial charge on any atom is 0.327 e. The van der Waals surface area contributed by atoms with Crippen LogP contribution < -0.4 is 16.6 Å². The van der Waals surface area contributed by atoms with Gasteiger partial charge in [-0.15, -0.1) is 0 Å². The molecule has 0 saturated carbocycles. The first-order valence-corrected chi connectivity index (χ1v) is 5.60. The second-order valence-corrected chi connectivity index (χ2v) is 4.13. The third-order valence-corrected chi connectivity index (χ3v) is 2.62. The summed E-state index contributed by atoms with van der Waals surface area (Å²) < 4.78 is 0. The SMILES string of the molecule is NC(=S)NNC(C(=O)O)c1c[nH]c2ccccc12. The van der Waals surface area contributed by atoms with Crippen LogP contribution in [0, 0.1) is 0 Å². The number of aliphatic carboxylic acids is 1. The van der Waals surface area contributed by atoms with Crippen molar-refractivity contribution < 1.29 is 9.90 Å². The van der Waals surface area contributed by atoms with Gasteiger partial charge in [0, 0.05) is 22.7 Å². The summed E-state index contributed by atoms with van der Waals surface area (Å²) in [5.74, 6) is -1.02. The van der Waals surface area contributed by atoms with E-state index in [0.29, 0.717) is 5.56 Å². The van der Waals surface area contributed by atoms with Crippen LogP contribution in [-0.2, 0) is 4.79 Å². The van der Waals surface area contributed by atoms with Crippen LogP contribution in [0.5, 0.6) is 0 Å². The van der Waals surface area contributed by atoms with E-state index in [1.165, 1.54) is 0 Å². The molecule has 0 fully saturated rings. The Balaban J connectivity index is 2.36. The molecular weight excluding hydrogens is 252 g/mol. The lowest BCUT2D eigenvalue weighted by molar-refractivity contribution is -0.139. The lowest BCUT2D eigenvalue weighted by Crippen LogP contribution is -2.45. The van der Waals surface area contributed by atoms with Crippen LogP contribution in [0.15, 0.2) is 30.5 Å². The number of carboxylic acids is 1. The molecule has 6 nitrogen and oxygen atoms in total. The van der Waals surface area contributed by atoms with Crippen molar-refractivity contribution in [3.63, 3.8) is 0 Å². The van der Waals surface area contributed by atoms with E-state index in [1.54, 1.807) is 6.20 Å². The molecule has 18 heavy (non-hydrogen) atoms. The first-order valence-electron chi connectivity index (χ1n) is 5.19. The number of carbonyl (C=O) groups is 1. The number of nitrogens with one attached hydrogen (secondary N) is 3. The van der Waals surface area contributed by atoms with Gasteiger partial charge in [0.25, 0.3) is 0 Å². The summed E-state index contributed by atoms with van der Waals surface area (Å²) in [5.41, 5.74) is 11.8. The van der Waals surface area contributed by atoms with E-state index < -0.39 is 12.0 Å². The van der Waals surface area contributed by atoms with Gasteiger partial charge in [0.1, 0.15) is 0 Å². The van der Waals surface area contributed by atoms with Crippen LogP contribution in [0.4, 0.5) is 0 Å². The molecule has 1 atom stereocenters. The van der Waals surface area contributed by atoms with Gasteiger partial charge >= 0.3 is 5.97 Å². The van der Waals surface area contributed by atoms with Crippen LogP contribution in [0.2, 0.25) is 0 Å². The van der Waals surface area contributed by atoms with Gasteiger partial charge in [-0.25, -0.2) is 5.43 Å². The van der Waals surface area contributed by atoms with Crippen molar-refractivity contribution in [2.45, 2.75) is 6.04 Å². The molecule has 0 aliphatic rings. The van der Waals surface area contributed by atoms with E-state index in [9.17, 15) is 9.90 Å². The van der Waals surface area contributed by atoms with Crippen molar-refractivity contribution in [3.8, 4) is 0 Å². The minimum Gasteiger partial charge on any atom is -0.480 e. The van der Waals surface area contributed by atoms with Gasteiger partial charge < -0.3 is 15.8 Å². The van der Waals surface area contributed by atoms with Crippen LogP contribution >= 0.6 is 12.2 Å². The first kappa shape index (κ1) is 12.3. The van der Waals surface area contributed by atoms with Crippen LogP contribution in [0.3, 0.4) is 0 Å². The van der Waals surface area contributed by atoms with Crippen molar-refractivity contribution in [3.05, 3.63) is 36.0 Å². The molecule has 0 aliphatic heterocycles. The second-order valence-electron chi connectivity index (χ2n) is 3.69. The minimum atomic E-state index is -1.02. The summed E-state index contributed by atoms with van der Waals surface area (Å²) in [6, 6.07) is 6.50. The van der Waals surface area contributed by atoms with E-state index >= 15 is 0 Å². The lowest BCUT2D eigenvalue weighted by atomic mass is 10.1. The molecule has 7 heteroatoms. The van der Waals surface area contributed by atoms with E-state index in [1.807, 2.05) is 24.3 Å². The Hall–Kier alpha value is -2.12. The van der Waals surface area contributed by atoms with Crippen molar-refractivity contribution in [1.82, 2.24) is 15.8 Å². The normalized spacial score (nSPS) is 12.2. The standard InChI is InChI=1S/C11H12N4O2S/c12-11(18)15-14-9(10(16)17)7-5-13-8-4-2-1-3-6(7)8/h1-5,9,13-14H,(H,16,17)(H3,12,15,18). The van der Waals surface area contributed by atoms with Gasteiger partial charge in [0.15, 0.2) is 11.2 Å².